The first kappa shape index (κ1) is 24.6. The first-order valence-corrected chi connectivity index (χ1v) is 10.9. The normalized spacial score (nSPS) is 18.7. The van der Waals surface area contributed by atoms with E-state index in [1.807, 2.05) is 0 Å². The first-order chi connectivity index (χ1) is 8.55. The third kappa shape index (κ3) is 12.1. The Labute approximate surface area is 132 Å². The van der Waals surface area contributed by atoms with Crippen molar-refractivity contribution < 1.29 is 28.4 Å². The van der Waals surface area contributed by atoms with Crippen LogP contribution in [0.15, 0.2) is 0 Å². The predicted molar refractivity (Wildman–Crippen MR) is 80.1 cm³/mol. The third-order valence-electron chi connectivity index (χ3n) is 2.81. The van der Waals surface area contributed by atoms with Crippen molar-refractivity contribution in [2.24, 2.45) is 0 Å². The molecule has 0 saturated heterocycles. The molecule has 0 aromatic carbocycles. The molecular weight excluding hydrogens is 426 g/mol. The summed E-state index contributed by atoms with van der Waals surface area (Å²) in [5, 5.41) is 6.25. The Hall–Kier alpha value is 0.625. The maximum absolute atomic E-state index is 8.33. The Kier molecular flexibility index (Phi) is 16.0. The van der Waals surface area contributed by atoms with Crippen LogP contribution in [0.2, 0.25) is 19.6 Å². The molecule has 3 nitrogen and oxygen atoms in total. The van der Waals surface area contributed by atoms with Gasteiger partial charge in [0.1, 0.15) is 0 Å². The molecule has 0 aromatic rings. The van der Waals surface area contributed by atoms with Crippen molar-refractivity contribution >= 4 is 8.07 Å². The summed E-state index contributed by atoms with van der Waals surface area (Å²) in [5.41, 5.74) is 0. The molecule has 0 spiro atoms. The van der Waals surface area contributed by atoms with Gasteiger partial charge in [0.2, 0.25) is 0 Å². The first-order valence-electron chi connectivity index (χ1n) is 5.99. The molecular formula is C14H28NO2SiW-2. The molecule has 1 saturated carbocycles. The van der Waals surface area contributed by atoms with Gasteiger partial charge in [-0.25, -0.2) is 0 Å². The van der Waals surface area contributed by atoms with E-state index < -0.39 is 8.07 Å². The monoisotopic (exact) mass is 454 g/mol. The summed E-state index contributed by atoms with van der Waals surface area (Å²) in [6, 6.07) is 0. The van der Waals surface area contributed by atoms with Gasteiger partial charge < -0.3 is 17.7 Å². The van der Waals surface area contributed by atoms with E-state index in [-0.39, 0.29) is 0 Å². The van der Waals surface area contributed by atoms with Crippen LogP contribution in [0.5, 0.6) is 0 Å². The SMILES string of the molecule is C[C]1[C](C)[C](C)[C](C)[C]1C.[CH2-][Si](C)(C)C.[NH-]O.[O]=[W]. The van der Waals surface area contributed by atoms with E-state index in [1.54, 1.807) is 0 Å². The molecule has 5 heteroatoms. The second-order valence-corrected chi connectivity index (χ2v) is 10.8. The fourth-order valence-corrected chi connectivity index (χ4v) is 1.41. The van der Waals surface area contributed by atoms with Crippen molar-refractivity contribution in [3.8, 4) is 0 Å². The molecule has 113 valence electrons. The van der Waals surface area contributed by atoms with Crippen molar-refractivity contribution in [3.63, 3.8) is 0 Å². The number of hydrogen-bond acceptors (Lipinski definition) is 2. The summed E-state index contributed by atoms with van der Waals surface area (Å²) in [4.78, 5) is 0. The van der Waals surface area contributed by atoms with Crippen LogP contribution in [0.25, 0.3) is 5.90 Å². The average molecular weight is 454 g/mol. The van der Waals surface area contributed by atoms with Gasteiger partial charge in [-0.3, -0.25) is 0 Å². The number of rotatable bonds is 0. The summed E-state index contributed by atoms with van der Waals surface area (Å²) < 4.78 is 8.33. The van der Waals surface area contributed by atoms with Gasteiger partial charge in [-0.05, 0) is 29.6 Å². The molecule has 19 heavy (non-hydrogen) atoms. The zero-order valence-corrected chi connectivity index (χ0v) is 17.4. The fourth-order valence-electron chi connectivity index (χ4n) is 1.41. The second kappa shape index (κ2) is 12.4. The molecule has 0 heterocycles. The summed E-state index contributed by atoms with van der Waals surface area (Å²) in [6.07, 6.45) is 0. The van der Waals surface area contributed by atoms with Crippen molar-refractivity contribution in [2.75, 3.05) is 0 Å². The molecule has 2 N–H and O–H groups in total. The molecule has 1 aliphatic carbocycles. The predicted octanol–water partition coefficient (Wildman–Crippen LogP) is 4.98. The zero-order chi connectivity index (χ0) is 16.4. The minimum atomic E-state index is -0.861. The van der Waals surface area contributed by atoms with Gasteiger partial charge in [-0.1, -0.05) is 54.3 Å². The van der Waals surface area contributed by atoms with Gasteiger partial charge in [0.05, 0.1) is 0 Å². The average Bonchev–Trinajstić information content (AvgIpc) is 2.51. The molecule has 0 amide bonds. The molecule has 0 unspecified atom stereocenters. The van der Waals surface area contributed by atoms with Crippen molar-refractivity contribution in [1.82, 2.24) is 0 Å². The van der Waals surface area contributed by atoms with Crippen LogP contribution in [-0.4, -0.2) is 13.3 Å². The zero-order valence-electron chi connectivity index (χ0n) is 13.5. The molecule has 5 radical (unpaired) electrons. The van der Waals surface area contributed by atoms with E-state index in [0.29, 0.717) is 19.8 Å². The van der Waals surface area contributed by atoms with Crippen LogP contribution < -0.4 is 0 Å². The summed E-state index contributed by atoms with van der Waals surface area (Å²) >= 11 is 0.333. The Morgan fingerprint density at radius 2 is 0.842 bits per heavy atom. The van der Waals surface area contributed by atoms with Crippen molar-refractivity contribution in [3.05, 3.63) is 42.0 Å². The second-order valence-electron chi connectivity index (χ2n) is 5.69. The molecule has 1 rings (SSSR count). The van der Waals surface area contributed by atoms with E-state index >= 15 is 0 Å². The van der Waals surface area contributed by atoms with E-state index in [2.05, 4.69) is 60.8 Å². The molecule has 0 atom stereocenters. The molecule has 1 aliphatic rings. The molecule has 0 aromatic heterocycles. The third-order valence-corrected chi connectivity index (χ3v) is 2.81. The maximum atomic E-state index is 8.33. The minimum absolute atomic E-state index is 0.333. The van der Waals surface area contributed by atoms with Crippen molar-refractivity contribution in [2.45, 2.75) is 54.3 Å². The number of nitrogens with one attached hydrogen (secondary N) is 1. The van der Waals surface area contributed by atoms with E-state index in [4.69, 9.17) is 14.5 Å². The Bertz CT molecular complexity index is 161. The number of hydrogen-bond donors (Lipinski definition) is 1. The molecule has 0 aliphatic heterocycles. The van der Waals surface area contributed by atoms with Crippen LogP contribution in [0.1, 0.15) is 34.6 Å². The summed E-state index contributed by atoms with van der Waals surface area (Å²) in [7, 11) is -0.861. The topological polar surface area (TPSA) is 61.1 Å². The van der Waals surface area contributed by atoms with E-state index in [1.165, 1.54) is 29.6 Å². The fraction of sp³-hybridized carbons (Fsp3) is 0.571. The van der Waals surface area contributed by atoms with E-state index in [0.717, 1.165) is 0 Å². The van der Waals surface area contributed by atoms with Gasteiger partial charge in [0.25, 0.3) is 0 Å². The summed E-state index contributed by atoms with van der Waals surface area (Å²) in [6.45, 7) is 21.6. The molecule has 1 fully saturated rings. The van der Waals surface area contributed by atoms with E-state index in [9.17, 15) is 0 Å². The van der Waals surface area contributed by atoms with Crippen LogP contribution in [0, 0.1) is 36.1 Å². The summed E-state index contributed by atoms with van der Waals surface area (Å²) in [5.74, 6) is 12.1. The van der Waals surface area contributed by atoms with Crippen LogP contribution in [0.4, 0.5) is 0 Å². The van der Waals surface area contributed by atoms with Crippen LogP contribution >= 0.6 is 0 Å². The van der Waals surface area contributed by atoms with Gasteiger partial charge in [-0.2, -0.15) is 0 Å². The van der Waals surface area contributed by atoms with Gasteiger partial charge in [0.15, 0.2) is 0 Å². The standard InChI is InChI=1S/C10H15.C4H11Si.H2NO.O.W/c1-6-7(2)9(4)10(5)8(6)3;1-5(2,3)4;1-2;;/h1-5H3;1H2,2-4H3;1-2H;;/q;2*-1;;. The Morgan fingerprint density at radius 1 is 0.789 bits per heavy atom. The Morgan fingerprint density at radius 3 is 0.895 bits per heavy atom. The van der Waals surface area contributed by atoms with Crippen molar-refractivity contribution in [1.29, 1.82) is 0 Å². The van der Waals surface area contributed by atoms with Gasteiger partial charge in [0, 0.05) is 0 Å². The quantitative estimate of drug-likeness (QED) is 0.319. The van der Waals surface area contributed by atoms with Gasteiger partial charge >= 0.3 is 23.2 Å². The van der Waals surface area contributed by atoms with Crippen LogP contribution in [0.3, 0.4) is 0 Å². The molecule has 0 bridgehead atoms. The van der Waals surface area contributed by atoms with Gasteiger partial charge in [-0.15, -0.1) is 8.07 Å². The Balaban J connectivity index is -0.000000242. The van der Waals surface area contributed by atoms with Crippen LogP contribution in [-0.2, 0) is 23.2 Å².